The number of hydrogen-bond donors (Lipinski definition) is 0. The first kappa shape index (κ1) is 14.9. The molecule has 0 radical (unpaired) electrons. The first-order valence-electron chi connectivity index (χ1n) is 6.28. The minimum absolute atomic E-state index is 0.355. The average Bonchev–Trinajstić information content (AvgIpc) is 2.19. The first-order valence-corrected chi connectivity index (χ1v) is 6.28. The van der Waals surface area contributed by atoms with Crippen molar-refractivity contribution < 1.29 is 9.47 Å². The van der Waals surface area contributed by atoms with Crippen LogP contribution in [0.3, 0.4) is 0 Å². The van der Waals surface area contributed by atoms with E-state index in [1.54, 1.807) is 0 Å². The van der Waals surface area contributed by atoms with Gasteiger partial charge in [0.2, 0.25) is 0 Å². The molecule has 1 saturated heterocycles. The van der Waals surface area contributed by atoms with Crippen LogP contribution in [0.15, 0.2) is 0 Å². The molecule has 0 aliphatic carbocycles. The summed E-state index contributed by atoms with van der Waals surface area (Å²) in [6, 6.07) is 0. The summed E-state index contributed by atoms with van der Waals surface area (Å²) in [5, 5.41) is 0. The van der Waals surface area contributed by atoms with Gasteiger partial charge < -0.3 is 9.47 Å². The zero-order valence-electron chi connectivity index (χ0n) is 11.5. The highest BCUT2D eigenvalue weighted by molar-refractivity contribution is 4.78. The molecule has 0 spiro atoms. The van der Waals surface area contributed by atoms with Crippen LogP contribution in [-0.4, -0.2) is 18.5 Å². The van der Waals surface area contributed by atoms with Crippen LogP contribution in [0.25, 0.3) is 0 Å². The van der Waals surface area contributed by atoms with Gasteiger partial charge >= 0.3 is 0 Å². The molecule has 1 aliphatic rings. The molecule has 1 fully saturated rings. The molecule has 2 atom stereocenters. The first-order chi connectivity index (χ1) is 6.96. The van der Waals surface area contributed by atoms with Crippen molar-refractivity contribution in [2.75, 3.05) is 6.61 Å². The van der Waals surface area contributed by atoms with Crippen molar-refractivity contribution in [1.29, 1.82) is 0 Å². The topological polar surface area (TPSA) is 18.5 Å². The second-order valence-electron chi connectivity index (χ2n) is 4.71. The molecule has 0 bridgehead atoms. The van der Waals surface area contributed by atoms with Gasteiger partial charge in [-0.25, -0.2) is 0 Å². The quantitative estimate of drug-likeness (QED) is 0.698. The van der Waals surface area contributed by atoms with Gasteiger partial charge in [-0.15, -0.1) is 0 Å². The van der Waals surface area contributed by atoms with Gasteiger partial charge in [-0.1, -0.05) is 34.6 Å². The maximum absolute atomic E-state index is 5.92. The third kappa shape index (κ3) is 4.52. The molecule has 1 rings (SSSR count). The van der Waals surface area contributed by atoms with E-state index >= 15 is 0 Å². The van der Waals surface area contributed by atoms with Gasteiger partial charge in [0, 0.05) is 5.92 Å². The molecule has 0 N–H and O–H groups in total. The summed E-state index contributed by atoms with van der Waals surface area (Å²) in [6.07, 6.45) is 1.49. The van der Waals surface area contributed by atoms with Gasteiger partial charge in [-0.3, -0.25) is 0 Å². The SMILES string of the molecule is CC.CC[C@@H]1COC(C)(C)O[C@@H]1C(C)C. The van der Waals surface area contributed by atoms with E-state index in [9.17, 15) is 0 Å². The zero-order valence-corrected chi connectivity index (χ0v) is 11.5. The van der Waals surface area contributed by atoms with E-state index in [1.807, 2.05) is 27.7 Å². The Morgan fingerprint density at radius 2 is 1.80 bits per heavy atom. The summed E-state index contributed by atoms with van der Waals surface area (Å²) in [7, 11) is 0. The van der Waals surface area contributed by atoms with Gasteiger partial charge in [0.25, 0.3) is 0 Å². The highest BCUT2D eigenvalue weighted by atomic mass is 16.7. The minimum Gasteiger partial charge on any atom is -0.350 e. The molecule has 2 nitrogen and oxygen atoms in total. The van der Waals surface area contributed by atoms with Crippen molar-refractivity contribution in [2.24, 2.45) is 11.8 Å². The van der Waals surface area contributed by atoms with Crippen molar-refractivity contribution >= 4 is 0 Å². The molecule has 1 heterocycles. The Morgan fingerprint density at radius 1 is 1.27 bits per heavy atom. The van der Waals surface area contributed by atoms with Crippen LogP contribution in [0.1, 0.15) is 54.9 Å². The Bertz CT molecular complexity index is 164. The van der Waals surface area contributed by atoms with Crippen molar-refractivity contribution in [3.63, 3.8) is 0 Å². The van der Waals surface area contributed by atoms with Crippen LogP contribution in [0.2, 0.25) is 0 Å². The monoisotopic (exact) mass is 216 g/mol. The molecule has 0 aromatic rings. The van der Waals surface area contributed by atoms with E-state index in [0.717, 1.165) is 13.0 Å². The third-order valence-corrected chi connectivity index (χ3v) is 2.71. The lowest BCUT2D eigenvalue weighted by Crippen LogP contribution is -2.47. The molecular weight excluding hydrogens is 188 g/mol. The Morgan fingerprint density at radius 3 is 2.20 bits per heavy atom. The predicted molar refractivity (Wildman–Crippen MR) is 64.9 cm³/mol. The Labute approximate surface area is 95.3 Å². The lowest BCUT2D eigenvalue weighted by molar-refractivity contribution is -0.301. The lowest BCUT2D eigenvalue weighted by Gasteiger charge is -2.42. The van der Waals surface area contributed by atoms with Gasteiger partial charge in [-0.05, 0) is 26.2 Å². The summed E-state index contributed by atoms with van der Waals surface area (Å²) in [6.45, 7) is 15.5. The summed E-state index contributed by atoms with van der Waals surface area (Å²) < 4.78 is 11.5. The second-order valence-corrected chi connectivity index (χ2v) is 4.71. The summed E-state index contributed by atoms with van der Waals surface area (Å²) in [5.41, 5.74) is 0. The van der Waals surface area contributed by atoms with E-state index in [2.05, 4.69) is 20.8 Å². The van der Waals surface area contributed by atoms with Crippen LogP contribution in [0.5, 0.6) is 0 Å². The fraction of sp³-hybridized carbons (Fsp3) is 1.00. The molecule has 0 aromatic carbocycles. The molecular formula is C13H28O2. The zero-order chi connectivity index (χ0) is 12.1. The molecule has 15 heavy (non-hydrogen) atoms. The van der Waals surface area contributed by atoms with Gasteiger partial charge in [0.1, 0.15) is 0 Å². The maximum atomic E-state index is 5.92. The molecule has 0 saturated carbocycles. The van der Waals surface area contributed by atoms with Crippen molar-refractivity contribution in [3.8, 4) is 0 Å². The van der Waals surface area contributed by atoms with Gasteiger partial charge in [-0.2, -0.15) is 0 Å². The van der Waals surface area contributed by atoms with Crippen LogP contribution < -0.4 is 0 Å². The van der Waals surface area contributed by atoms with Crippen LogP contribution in [-0.2, 0) is 9.47 Å². The summed E-state index contributed by atoms with van der Waals surface area (Å²) >= 11 is 0. The largest absolute Gasteiger partial charge is 0.350 e. The fourth-order valence-electron chi connectivity index (χ4n) is 1.89. The highest BCUT2D eigenvalue weighted by Gasteiger charge is 2.36. The van der Waals surface area contributed by atoms with Gasteiger partial charge in [0.05, 0.1) is 12.7 Å². The van der Waals surface area contributed by atoms with Crippen molar-refractivity contribution in [1.82, 2.24) is 0 Å². The third-order valence-electron chi connectivity index (χ3n) is 2.71. The summed E-state index contributed by atoms with van der Waals surface area (Å²) in [5.74, 6) is 0.752. The molecule has 92 valence electrons. The maximum Gasteiger partial charge on any atom is 0.163 e. The van der Waals surface area contributed by atoms with E-state index < -0.39 is 0 Å². The molecule has 0 aromatic heterocycles. The van der Waals surface area contributed by atoms with E-state index in [4.69, 9.17) is 9.47 Å². The van der Waals surface area contributed by atoms with E-state index in [1.165, 1.54) is 0 Å². The summed E-state index contributed by atoms with van der Waals surface area (Å²) in [4.78, 5) is 0. The Kier molecular flexibility index (Phi) is 6.46. The minimum atomic E-state index is -0.388. The Balaban J connectivity index is 0.000000921. The molecule has 0 amide bonds. The highest BCUT2D eigenvalue weighted by Crippen LogP contribution is 2.31. The van der Waals surface area contributed by atoms with Crippen LogP contribution in [0.4, 0.5) is 0 Å². The van der Waals surface area contributed by atoms with Crippen molar-refractivity contribution in [3.05, 3.63) is 0 Å². The normalized spacial score (nSPS) is 29.6. The predicted octanol–water partition coefficient (Wildman–Crippen LogP) is 3.85. The second kappa shape index (κ2) is 6.49. The standard InChI is InChI=1S/C11H22O2.C2H6/c1-6-9-7-12-11(4,5)13-10(9)8(2)3;1-2/h8-10H,6-7H2,1-5H3;1-2H3/t9-,10-;/m1./s1. The molecule has 1 aliphatic heterocycles. The number of hydrogen-bond acceptors (Lipinski definition) is 2. The fourth-order valence-corrected chi connectivity index (χ4v) is 1.89. The van der Waals surface area contributed by atoms with Gasteiger partial charge in [0.15, 0.2) is 5.79 Å². The molecule has 2 heteroatoms. The smallest absolute Gasteiger partial charge is 0.163 e. The van der Waals surface area contributed by atoms with Crippen molar-refractivity contribution in [2.45, 2.75) is 66.8 Å². The number of rotatable bonds is 2. The Hall–Kier alpha value is -0.0800. The molecule has 0 unspecified atom stereocenters. The van der Waals surface area contributed by atoms with Crippen LogP contribution >= 0.6 is 0 Å². The average molecular weight is 216 g/mol. The van der Waals surface area contributed by atoms with E-state index in [-0.39, 0.29) is 5.79 Å². The van der Waals surface area contributed by atoms with E-state index in [0.29, 0.717) is 17.9 Å². The van der Waals surface area contributed by atoms with Crippen LogP contribution in [0, 0.1) is 11.8 Å². The number of ether oxygens (including phenoxy) is 2. The lowest BCUT2D eigenvalue weighted by atomic mass is 9.90.